The molecule has 154 valence electrons. The summed E-state index contributed by atoms with van der Waals surface area (Å²) >= 11 is 0. The van der Waals surface area contributed by atoms with Gasteiger partial charge >= 0.3 is 0 Å². The van der Waals surface area contributed by atoms with Crippen molar-refractivity contribution < 1.29 is 22.3 Å². The molecule has 0 bridgehead atoms. The summed E-state index contributed by atoms with van der Waals surface area (Å²) in [5.41, 5.74) is 1.07. The van der Waals surface area contributed by atoms with Crippen molar-refractivity contribution in [2.45, 2.75) is 4.90 Å². The lowest BCUT2D eigenvalue weighted by molar-refractivity contribution is -0.111. The molecule has 0 saturated carbocycles. The van der Waals surface area contributed by atoms with Crippen molar-refractivity contribution in [3.63, 3.8) is 0 Å². The first kappa shape index (κ1) is 20.9. The van der Waals surface area contributed by atoms with Gasteiger partial charge < -0.3 is 10.1 Å². The molecule has 0 radical (unpaired) electrons. The van der Waals surface area contributed by atoms with Crippen LogP contribution in [0.2, 0.25) is 0 Å². The summed E-state index contributed by atoms with van der Waals surface area (Å²) < 4.78 is 45.2. The molecule has 0 saturated heterocycles. The third-order valence-electron chi connectivity index (χ3n) is 3.82. The zero-order valence-electron chi connectivity index (χ0n) is 15.7. The summed E-state index contributed by atoms with van der Waals surface area (Å²) in [4.78, 5) is 19.8. The number of benzene rings is 2. The Morgan fingerprint density at radius 3 is 2.37 bits per heavy atom. The Morgan fingerprint density at radius 1 is 1.03 bits per heavy atom. The monoisotopic (exact) mass is 428 g/mol. The number of hydrogen-bond acceptors (Lipinski definition) is 6. The number of ether oxygens (including phenoxy) is 1. The van der Waals surface area contributed by atoms with E-state index in [0.29, 0.717) is 11.3 Å². The van der Waals surface area contributed by atoms with Crippen LogP contribution in [0.3, 0.4) is 0 Å². The summed E-state index contributed by atoms with van der Waals surface area (Å²) in [5, 5.41) is 2.61. The minimum absolute atomic E-state index is 0.0324. The Morgan fingerprint density at radius 2 is 1.70 bits per heavy atom. The summed E-state index contributed by atoms with van der Waals surface area (Å²) in [6.07, 6.45) is 5.53. The van der Waals surface area contributed by atoms with Gasteiger partial charge in [-0.15, -0.1) is 0 Å². The van der Waals surface area contributed by atoms with E-state index in [9.17, 15) is 17.6 Å². The molecule has 2 N–H and O–H groups in total. The van der Waals surface area contributed by atoms with Crippen LogP contribution in [0.25, 0.3) is 6.08 Å². The minimum atomic E-state index is -3.93. The normalized spacial score (nSPS) is 11.3. The van der Waals surface area contributed by atoms with Crippen molar-refractivity contribution >= 4 is 33.5 Å². The Labute approximate surface area is 172 Å². The first-order chi connectivity index (χ1) is 14.4. The van der Waals surface area contributed by atoms with Gasteiger partial charge in [-0.3, -0.25) is 9.52 Å². The largest absolute Gasteiger partial charge is 0.478 e. The van der Waals surface area contributed by atoms with Crippen LogP contribution in [0.4, 0.5) is 15.9 Å². The lowest BCUT2D eigenvalue weighted by Crippen LogP contribution is -2.15. The zero-order valence-corrected chi connectivity index (χ0v) is 16.6. The van der Waals surface area contributed by atoms with E-state index in [4.69, 9.17) is 4.74 Å². The van der Waals surface area contributed by atoms with Crippen LogP contribution in [-0.4, -0.2) is 31.4 Å². The number of aromatic nitrogens is 2. The fourth-order valence-corrected chi connectivity index (χ4v) is 3.38. The molecular formula is C20H17FN4O4S. The van der Waals surface area contributed by atoms with Gasteiger partial charge in [-0.05, 0) is 48.0 Å². The molecule has 0 spiro atoms. The summed E-state index contributed by atoms with van der Waals surface area (Å²) in [7, 11) is -2.58. The topological polar surface area (TPSA) is 110 Å². The molecule has 3 aromatic rings. The van der Waals surface area contributed by atoms with Gasteiger partial charge in [0, 0.05) is 24.2 Å². The maximum atomic E-state index is 12.9. The van der Waals surface area contributed by atoms with Crippen LogP contribution >= 0.6 is 0 Å². The molecule has 1 amide bonds. The summed E-state index contributed by atoms with van der Waals surface area (Å²) in [5.74, 6) is -0.780. The Balaban J connectivity index is 1.66. The highest BCUT2D eigenvalue weighted by Gasteiger charge is 2.18. The van der Waals surface area contributed by atoms with E-state index in [1.165, 1.54) is 80.2 Å². The van der Waals surface area contributed by atoms with Crippen molar-refractivity contribution in [1.29, 1.82) is 0 Å². The lowest BCUT2D eigenvalue weighted by atomic mass is 10.2. The van der Waals surface area contributed by atoms with Crippen molar-refractivity contribution in [1.82, 2.24) is 9.97 Å². The number of nitrogens with zero attached hydrogens (tertiary/aromatic N) is 2. The lowest BCUT2D eigenvalue weighted by Gasteiger charge is -2.10. The zero-order chi connectivity index (χ0) is 21.6. The van der Waals surface area contributed by atoms with E-state index in [0.717, 1.165) is 0 Å². The van der Waals surface area contributed by atoms with E-state index >= 15 is 0 Å². The molecule has 0 atom stereocenters. The van der Waals surface area contributed by atoms with Crippen molar-refractivity contribution in [2.24, 2.45) is 0 Å². The molecule has 10 heteroatoms. The Hall–Kier alpha value is -3.79. The fraction of sp³-hybridized carbons (Fsp3) is 0.0500. The van der Waals surface area contributed by atoms with Crippen molar-refractivity contribution in [2.75, 3.05) is 17.1 Å². The predicted molar refractivity (Wildman–Crippen MR) is 110 cm³/mol. The van der Waals surface area contributed by atoms with Crippen LogP contribution in [0, 0.1) is 5.82 Å². The number of hydrogen-bond donors (Lipinski definition) is 2. The van der Waals surface area contributed by atoms with Gasteiger partial charge in [0.2, 0.25) is 11.7 Å². The molecular weight excluding hydrogens is 411 g/mol. The Kier molecular flexibility index (Phi) is 6.38. The molecule has 0 unspecified atom stereocenters. The highest BCUT2D eigenvalue weighted by molar-refractivity contribution is 7.92. The van der Waals surface area contributed by atoms with Crippen LogP contribution in [-0.2, 0) is 14.8 Å². The average molecular weight is 428 g/mol. The predicted octanol–water partition coefficient (Wildman–Crippen LogP) is 3.08. The van der Waals surface area contributed by atoms with E-state index in [1.807, 2.05) is 0 Å². The van der Waals surface area contributed by atoms with Gasteiger partial charge in [0.25, 0.3) is 15.9 Å². The van der Waals surface area contributed by atoms with Crippen LogP contribution < -0.4 is 14.8 Å². The van der Waals surface area contributed by atoms with Crippen LogP contribution in [0.5, 0.6) is 5.88 Å². The van der Waals surface area contributed by atoms with E-state index in [1.54, 1.807) is 0 Å². The second-order valence-corrected chi connectivity index (χ2v) is 7.60. The number of sulfonamides is 1. The molecule has 3 rings (SSSR count). The number of carbonyl (C=O) groups excluding carboxylic acids is 1. The number of nitrogens with one attached hydrogen (secondary N) is 2. The first-order valence-electron chi connectivity index (χ1n) is 8.60. The number of anilines is 2. The third-order valence-corrected chi connectivity index (χ3v) is 5.17. The van der Waals surface area contributed by atoms with Gasteiger partial charge in [-0.2, -0.15) is 0 Å². The van der Waals surface area contributed by atoms with Gasteiger partial charge in [-0.1, -0.05) is 12.1 Å². The van der Waals surface area contributed by atoms with Gasteiger partial charge in [0.15, 0.2) is 0 Å². The quantitative estimate of drug-likeness (QED) is 0.560. The molecule has 0 aliphatic carbocycles. The second kappa shape index (κ2) is 9.14. The van der Waals surface area contributed by atoms with Crippen LogP contribution in [0.15, 0.2) is 71.9 Å². The first-order valence-corrected chi connectivity index (χ1v) is 10.1. The minimum Gasteiger partial charge on any atom is -0.478 e. The molecule has 1 heterocycles. The average Bonchev–Trinajstić information content (AvgIpc) is 2.74. The van der Waals surface area contributed by atoms with Gasteiger partial charge in [0.1, 0.15) is 5.82 Å². The summed E-state index contributed by atoms with van der Waals surface area (Å²) in [6, 6.07) is 11.2. The van der Waals surface area contributed by atoms with Crippen molar-refractivity contribution in [3.8, 4) is 5.88 Å². The van der Waals surface area contributed by atoms with E-state index in [2.05, 4.69) is 20.0 Å². The van der Waals surface area contributed by atoms with Gasteiger partial charge in [0.05, 0.1) is 12.0 Å². The smallest absolute Gasteiger partial charge is 0.263 e. The molecule has 1 aromatic heterocycles. The number of halogens is 1. The number of carbonyl (C=O) groups is 1. The maximum absolute atomic E-state index is 12.9. The number of rotatable bonds is 7. The third kappa shape index (κ3) is 5.39. The fourth-order valence-electron chi connectivity index (χ4n) is 2.38. The number of amides is 1. The van der Waals surface area contributed by atoms with E-state index < -0.39 is 15.9 Å². The highest BCUT2D eigenvalue weighted by atomic mass is 32.2. The van der Waals surface area contributed by atoms with E-state index in [-0.39, 0.29) is 22.4 Å². The molecule has 30 heavy (non-hydrogen) atoms. The SMILES string of the molecule is COc1nccnc1NS(=O)(=O)c1ccc(NC(=O)/C=C/c2ccc(F)cc2)cc1. The molecule has 0 fully saturated rings. The Bertz CT molecular complexity index is 1160. The molecule has 0 aliphatic heterocycles. The molecule has 0 aliphatic rings. The molecule has 8 nitrogen and oxygen atoms in total. The molecule has 2 aromatic carbocycles. The highest BCUT2D eigenvalue weighted by Crippen LogP contribution is 2.22. The maximum Gasteiger partial charge on any atom is 0.263 e. The summed E-state index contributed by atoms with van der Waals surface area (Å²) in [6.45, 7) is 0. The number of methoxy groups -OCH3 is 1. The standard InChI is InChI=1S/C20H17FN4O4S/c1-29-20-19(22-12-13-23-20)25-30(27,28)17-9-7-16(8-10-17)24-18(26)11-4-14-2-5-15(21)6-3-14/h2-13H,1H3,(H,22,25)(H,24,26)/b11-4+. The second-order valence-electron chi connectivity index (χ2n) is 5.92. The van der Waals surface area contributed by atoms with Gasteiger partial charge in [-0.25, -0.2) is 22.8 Å². The van der Waals surface area contributed by atoms with Crippen LogP contribution in [0.1, 0.15) is 5.56 Å². The van der Waals surface area contributed by atoms with Crippen molar-refractivity contribution in [3.05, 3.63) is 78.4 Å².